The van der Waals surface area contributed by atoms with Gasteiger partial charge in [-0.25, -0.2) is 9.69 Å². The van der Waals surface area contributed by atoms with Gasteiger partial charge < -0.3 is 19.3 Å². The average Bonchev–Trinajstić information content (AvgIpc) is 3.70. The molecule has 0 saturated heterocycles. The molecule has 0 amide bonds. The van der Waals surface area contributed by atoms with Crippen molar-refractivity contribution in [2.75, 3.05) is 24.0 Å². The predicted octanol–water partition coefficient (Wildman–Crippen LogP) is 19.1. The van der Waals surface area contributed by atoms with Gasteiger partial charge in [0.15, 0.2) is 11.4 Å². The number of anilines is 6. The molecule has 0 N–H and O–H groups in total. The summed E-state index contributed by atoms with van der Waals surface area (Å²) in [5.41, 5.74) is 15.6. The molecule has 0 aliphatic rings. The highest BCUT2D eigenvalue weighted by atomic mass is 16.5. The maximum atomic E-state index is 9.71. The summed E-state index contributed by atoms with van der Waals surface area (Å²) in [7, 11) is 3.34. The van der Waals surface area contributed by atoms with Gasteiger partial charge in [0.05, 0.1) is 62.0 Å². The van der Waals surface area contributed by atoms with Gasteiger partial charge in [-0.3, -0.25) is 0 Å². The number of nitriles is 2. The molecule has 366 valence electrons. The molecule has 8 nitrogen and oxygen atoms in total. The molecule has 0 atom stereocenters. The van der Waals surface area contributed by atoms with E-state index in [4.69, 9.17) is 22.6 Å². The molecular weight excluding hydrogens is 957 g/mol. The Morgan fingerprint density at radius 1 is 0.346 bits per heavy atom. The molecule has 0 aliphatic heterocycles. The van der Waals surface area contributed by atoms with Crippen LogP contribution in [0.25, 0.3) is 86.5 Å². The molecule has 8 heteroatoms. The second-order valence-corrected chi connectivity index (χ2v) is 18.9. The van der Waals surface area contributed by atoms with Gasteiger partial charge in [0.2, 0.25) is 0 Å². The van der Waals surface area contributed by atoms with Crippen LogP contribution in [0.5, 0.6) is 11.5 Å². The Labute approximate surface area is 452 Å². The predicted molar refractivity (Wildman–Crippen MR) is 316 cm³/mol. The lowest BCUT2D eigenvalue weighted by atomic mass is 9.91. The smallest absolute Gasteiger partial charge is 0.187 e. The molecule has 0 fully saturated rings. The van der Waals surface area contributed by atoms with Gasteiger partial charge in [0.25, 0.3) is 0 Å². The Morgan fingerprint density at radius 2 is 0.667 bits per heavy atom. The Balaban J connectivity index is 1.10. The minimum absolute atomic E-state index is 0.566. The average molecular weight is 1000 g/mol. The zero-order chi connectivity index (χ0) is 53.3. The standard InChI is InChI=1S/C70H44N6O2/c1-73-57-21-13-49(14-22-57)55-37-53(47-9-5-45(43-71)6-10-47)39-61(41-55)75(59-25-29-63(77-3)30-26-59)67-35-19-51-18-34-66-68(36-20-52-17-33-65(67)69(51)70(52)66)76(60-27-31-64(78-4)32-28-60)62-40-54(48-11-7-46(44-72)8-12-48)38-56(42-62)50-15-23-58(74-2)24-16-50/h5-42H,3-4H3. The zero-order valence-electron chi connectivity index (χ0n) is 42.4. The third-order valence-electron chi connectivity index (χ3n) is 14.5. The highest BCUT2D eigenvalue weighted by Crippen LogP contribution is 2.50. The number of methoxy groups -OCH3 is 2. The van der Waals surface area contributed by atoms with Crippen molar-refractivity contribution in [3.63, 3.8) is 0 Å². The fourth-order valence-corrected chi connectivity index (χ4v) is 10.6. The van der Waals surface area contributed by atoms with Crippen LogP contribution in [0, 0.1) is 35.8 Å². The number of benzene rings is 12. The first-order chi connectivity index (χ1) is 38.3. The zero-order valence-corrected chi connectivity index (χ0v) is 42.4. The molecule has 0 bridgehead atoms. The summed E-state index contributed by atoms with van der Waals surface area (Å²) in [6, 6.07) is 82.4. The summed E-state index contributed by atoms with van der Waals surface area (Å²) < 4.78 is 11.4. The van der Waals surface area contributed by atoms with E-state index in [1.165, 1.54) is 0 Å². The minimum Gasteiger partial charge on any atom is -0.497 e. The molecule has 0 unspecified atom stereocenters. The Morgan fingerprint density at radius 3 is 0.974 bits per heavy atom. The number of rotatable bonds is 12. The van der Waals surface area contributed by atoms with Gasteiger partial charge in [-0.2, -0.15) is 10.5 Å². The van der Waals surface area contributed by atoms with Crippen molar-refractivity contribution in [3.8, 4) is 68.1 Å². The van der Waals surface area contributed by atoms with Crippen LogP contribution in [0.3, 0.4) is 0 Å². The van der Waals surface area contributed by atoms with Gasteiger partial charge in [0.1, 0.15) is 11.5 Å². The third-order valence-corrected chi connectivity index (χ3v) is 14.5. The van der Waals surface area contributed by atoms with Crippen LogP contribution in [-0.2, 0) is 0 Å². The molecule has 12 aromatic rings. The Bertz CT molecular complexity index is 3970. The monoisotopic (exact) mass is 1000 g/mol. The van der Waals surface area contributed by atoms with Crippen molar-refractivity contribution in [2.45, 2.75) is 0 Å². The molecular formula is C70H44N6O2. The van der Waals surface area contributed by atoms with Crippen LogP contribution in [0.4, 0.5) is 45.5 Å². The molecule has 78 heavy (non-hydrogen) atoms. The van der Waals surface area contributed by atoms with Crippen molar-refractivity contribution in [2.24, 2.45) is 0 Å². The first kappa shape index (κ1) is 47.8. The SMILES string of the molecule is [C-]#[N+]c1ccc(-c2cc(-c3ccc(C#N)cc3)cc(N(c3ccc(OC)cc3)c3ccc4ccc5c(N(c6ccc(OC)cc6)c6cc(-c7ccc(C#N)cc7)cc(-c7ccc([N+]#[C-])cc7)c6)ccc6ccc3c4c65)c2)cc1. The molecule has 0 radical (unpaired) electrons. The van der Waals surface area contributed by atoms with E-state index in [2.05, 4.69) is 141 Å². The van der Waals surface area contributed by atoms with Crippen molar-refractivity contribution >= 4 is 77.8 Å². The van der Waals surface area contributed by atoms with Crippen LogP contribution < -0.4 is 19.3 Å². The first-order valence-electron chi connectivity index (χ1n) is 25.2. The van der Waals surface area contributed by atoms with Crippen molar-refractivity contribution < 1.29 is 9.47 Å². The van der Waals surface area contributed by atoms with Gasteiger partial charge in [-0.1, -0.05) is 109 Å². The molecule has 0 heterocycles. The molecule has 0 saturated carbocycles. The van der Waals surface area contributed by atoms with E-state index in [1.54, 1.807) is 14.2 Å². The highest BCUT2D eigenvalue weighted by molar-refractivity contribution is 6.28. The summed E-state index contributed by atoms with van der Waals surface area (Å²) >= 11 is 0. The van der Waals surface area contributed by atoms with Crippen LogP contribution in [-0.4, -0.2) is 14.2 Å². The van der Waals surface area contributed by atoms with Gasteiger partial charge in [-0.15, -0.1) is 0 Å². The summed E-state index contributed by atoms with van der Waals surface area (Å²) in [6.45, 7) is 15.3. The van der Waals surface area contributed by atoms with Crippen LogP contribution >= 0.6 is 0 Å². The highest BCUT2D eigenvalue weighted by Gasteiger charge is 2.24. The number of hydrogen-bond acceptors (Lipinski definition) is 6. The number of hydrogen-bond donors (Lipinski definition) is 0. The first-order valence-corrected chi connectivity index (χ1v) is 25.2. The van der Waals surface area contributed by atoms with Gasteiger partial charge >= 0.3 is 0 Å². The van der Waals surface area contributed by atoms with Crippen molar-refractivity contribution in [3.05, 3.63) is 264 Å². The van der Waals surface area contributed by atoms with Gasteiger partial charge in [-0.05, 0) is 187 Å². The van der Waals surface area contributed by atoms with E-state index < -0.39 is 0 Å². The summed E-state index contributed by atoms with van der Waals surface area (Å²) in [4.78, 5) is 11.9. The van der Waals surface area contributed by atoms with Crippen LogP contribution in [0.15, 0.2) is 231 Å². The fourth-order valence-electron chi connectivity index (χ4n) is 10.6. The van der Waals surface area contributed by atoms with E-state index in [1.807, 2.05) is 121 Å². The maximum Gasteiger partial charge on any atom is 0.187 e. The Kier molecular flexibility index (Phi) is 12.4. The van der Waals surface area contributed by atoms with E-state index in [0.29, 0.717) is 22.5 Å². The molecule has 0 aromatic heterocycles. The van der Waals surface area contributed by atoms with Crippen LogP contribution in [0.2, 0.25) is 0 Å². The quantitative estimate of drug-likeness (QED) is 0.0896. The molecule has 12 rings (SSSR count). The fraction of sp³-hybridized carbons (Fsp3) is 0.0286. The second kappa shape index (κ2) is 20.3. The third kappa shape index (κ3) is 8.85. The lowest BCUT2D eigenvalue weighted by Crippen LogP contribution is -2.12. The summed E-state index contributed by atoms with van der Waals surface area (Å²) in [5, 5.41) is 25.9. The lowest BCUT2D eigenvalue weighted by Gasteiger charge is -2.30. The lowest BCUT2D eigenvalue weighted by molar-refractivity contribution is 0.414. The Hall–Kier alpha value is -11.2. The van der Waals surface area contributed by atoms with E-state index >= 15 is 0 Å². The van der Waals surface area contributed by atoms with Gasteiger partial charge in [0, 0.05) is 33.5 Å². The molecule has 0 aliphatic carbocycles. The second-order valence-electron chi connectivity index (χ2n) is 18.9. The van der Waals surface area contributed by atoms with Crippen molar-refractivity contribution in [1.82, 2.24) is 0 Å². The van der Waals surface area contributed by atoms with Crippen molar-refractivity contribution in [1.29, 1.82) is 10.5 Å². The molecule has 12 aromatic carbocycles. The topological polar surface area (TPSA) is 81.2 Å². The normalized spacial score (nSPS) is 10.9. The number of ether oxygens (including phenoxy) is 2. The molecule has 0 spiro atoms. The maximum absolute atomic E-state index is 9.71. The summed E-state index contributed by atoms with van der Waals surface area (Å²) in [5.74, 6) is 1.48. The summed E-state index contributed by atoms with van der Waals surface area (Å²) in [6.07, 6.45) is 0. The largest absolute Gasteiger partial charge is 0.497 e. The number of nitrogens with zero attached hydrogens (tertiary/aromatic N) is 6. The van der Waals surface area contributed by atoms with E-state index in [9.17, 15) is 10.5 Å². The minimum atomic E-state index is 0.566. The van der Waals surface area contributed by atoms with E-state index in [0.717, 1.165) is 122 Å². The van der Waals surface area contributed by atoms with Crippen LogP contribution in [0.1, 0.15) is 11.1 Å². The van der Waals surface area contributed by atoms with E-state index in [-0.39, 0.29) is 0 Å².